The lowest BCUT2D eigenvalue weighted by atomic mass is 9.90. The predicted molar refractivity (Wildman–Crippen MR) is 54.2 cm³/mol. The van der Waals surface area contributed by atoms with Crippen LogP contribution in [0.1, 0.15) is 32.1 Å². The molecule has 0 radical (unpaired) electrons. The van der Waals surface area contributed by atoms with Gasteiger partial charge in [0.15, 0.2) is 0 Å². The van der Waals surface area contributed by atoms with E-state index in [0.717, 1.165) is 37.9 Å². The molecule has 0 aliphatic heterocycles. The number of halogens is 3. The van der Waals surface area contributed by atoms with Crippen molar-refractivity contribution in [3.8, 4) is 0 Å². The van der Waals surface area contributed by atoms with Crippen molar-refractivity contribution in [2.45, 2.75) is 38.3 Å². The maximum absolute atomic E-state index is 11.9. The Morgan fingerprint density at radius 3 is 2.31 bits per heavy atom. The molecule has 1 aliphatic carbocycles. The standard InChI is InChI=1S/C10H16F3O2P/c11-10(12,13)8-16(14,15)7-6-9-4-2-1-3-5-9/h6-7,9H,1-5,8H2,(H,14,15)/p-1. The van der Waals surface area contributed by atoms with Crippen molar-refractivity contribution < 1.29 is 22.6 Å². The fourth-order valence-electron chi connectivity index (χ4n) is 1.88. The molecule has 1 aliphatic rings. The van der Waals surface area contributed by atoms with E-state index in [0.29, 0.717) is 0 Å². The lowest BCUT2D eigenvalue weighted by Gasteiger charge is -2.23. The Labute approximate surface area is 93.0 Å². The van der Waals surface area contributed by atoms with Crippen molar-refractivity contribution in [1.29, 1.82) is 0 Å². The normalized spacial score (nSPS) is 23.5. The first kappa shape index (κ1) is 13.8. The van der Waals surface area contributed by atoms with E-state index >= 15 is 0 Å². The molecule has 0 amide bonds. The molecule has 0 aromatic carbocycles. The molecule has 0 spiro atoms. The molecule has 0 heterocycles. The van der Waals surface area contributed by atoms with Gasteiger partial charge in [0, 0.05) is 7.37 Å². The van der Waals surface area contributed by atoms with Crippen LogP contribution in [0.2, 0.25) is 0 Å². The average Bonchev–Trinajstić information content (AvgIpc) is 2.13. The molecular weight excluding hydrogens is 240 g/mol. The summed E-state index contributed by atoms with van der Waals surface area (Å²) in [5, 5.41) is 0. The molecule has 1 atom stereocenters. The van der Waals surface area contributed by atoms with Crippen molar-refractivity contribution in [1.82, 2.24) is 0 Å². The van der Waals surface area contributed by atoms with Gasteiger partial charge in [-0.2, -0.15) is 13.2 Å². The van der Waals surface area contributed by atoms with Gasteiger partial charge in [0.25, 0.3) is 0 Å². The van der Waals surface area contributed by atoms with Crippen LogP contribution in [0.4, 0.5) is 13.2 Å². The van der Waals surface area contributed by atoms with Crippen LogP contribution in [0.3, 0.4) is 0 Å². The Bertz CT molecular complexity index is 293. The number of hydrogen-bond acceptors (Lipinski definition) is 2. The molecule has 0 aromatic rings. The van der Waals surface area contributed by atoms with Crippen LogP contribution in [0.5, 0.6) is 0 Å². The topological polar surface area (TPSA) is 40.1 Å². The zero-order valence-corrected chi connectivity index (χ0v) is 9.77. The minimum absolute atomic E-state index is 0.129. The summed E-state index contributed by atoms with van der Waals surface area (Å²) in [7, 11) is -4.44. The monoisotopic (exact) mass is 255 g/mol. The van der Waals surface area contributed by atoms with E-state index < -0.39 is 19.7 Å². The fourth-order valence-corrected chi connectivity index (χ4v) is 2.99. The minimum Gasteiger partial charge on any atom is -0.796 e. The molecule has 2 nitrogen and oxygen atoms in total. The van der Waals surface area contributed by atoms with E-state index in [2.05, 4.69) is 0 Å². The summed E-state index contributed by atoms with van der Waals surface area (Å²) in [4.78, 5) is 11.1. The molecule has 1 rings (SSSR count). The summed E-state index contributed by atoms with van der Waals surface area (Å²) < 4.78 is 46.8. The van der Waals surface area contributed by atoms with E-state index in [9.17, 15) is 22.6 Å². The van der Waals surface area contributed by atoms with Crippen LogP contribution in [-0.4, -0.2) is 12.3 Å². The van der Waals surface area contributed by atoms with Crippen LogP contribution in [0, 0.1) is 5.92 Å². The van der Waals surface area contributed by atoms with Crippen LogP contribution < -0.4 is 4.89 Å². The van der Waals surface area contributed by atoms with E-state index in [1.165, 1.54) is 6.08 Å². The van der Waals surface area contributed by atoms with Gasteiger partial charge >= 0.3 is 6.18 Å². The highest BCUT2D eigenvalue weighted by Gasteiger charge is 2.31. The quantitative estimate of drug-likeness (QED) is 0.726. The Hall–Kier alpha value is -0.280. The molecule has 6 heteroatoms. The van der Waals surface area contributed by atoms with Crippen molar-refractivity contribution in [2.24, 2.45) is 5.92 Å². The Kier molecular flexibility index (Phi) is 4.62. The van der Waals surface area contributed by atoms with Gasteiger partial charge in [-0.1, -0.05) is 25.3 Å². The van der Waals surface area contributed by atoms with Gasteiger partial charge in [-0.3, -0.25) is 0 Å². The molecule has 0 aromatic heterocycles. The molecule has 16 heavy (non-hydrogen) atoms. The van der Waals surface area contributed by atoms with Crippen molar-refractivity contribution >= 4 is 7.37 Å². The van der Waals surface area contributed by atoms with Gasteiger partial charge in [0.05, 0.1) is 6.16 Å². The van der Waals surface area contributed by atoms with Gasteiger partial charge in [-0.05, 0) is 24.6 Å². The molecule has 1 saturated carbocycles. The summed E-state index contributed by atoms with van der Waals surface area (Å²) in [6, 6.07) is 0. The van der Waals surface area contributed by atoms with E-state index in [1.54, 1.807) is 0 Å². The minimum atomic E-state index is -4.64. The van der Waals surface area contributed by atoms with Crippen molar-refractivity contribution in [3.63, 3.8) is 0 Å². The Morgan fingerprint density at radius 1 is 1.25 bits per heavy atom. The maximum Gasteiger partial charge on any atom is 0.394 e. The predicted octanol–water partition coefficient (Wildman–Crippen LogP) is 3.28. The van der Waals surface area contributed by atoms with Gasteiger partial charge < -0.3 is 9.46 Å². The first-order valence-corrected chi connectivity index (χ1v) is 7.22. The fraction of sp³-hybridized carbons (Fsp3) is 0.800. The second-order valence-corrected chi connectivity index (χ2v) is 6.31. The number of hydrogen-bond donors (Lipinski definition) is 0. The van der Waals surface area contributed by atoms with Crippen LogP contribution in [0.25, 0.3) is 0 Å². The van der Waals surface area contributed by atoms with Crippen LogP contribution >= 0.6 is 7.37 Å². The third-order valence-corrected chi connectivity index (χ3v) is 4.06. The summed E-state index contributed by atoms with van der Waals surface area (Å²) >= 11 is 0. The van der Waals surface area contributed by atoms with Gasteiger partial charge in [-0.15, -0.1) is 0 Å². The summed E-state index contributed by atoms with van der Waals surface area (Å²) in [6.07, 6.45) is -0.0160. The molecular formula is C10H15F3O2P-. The lowest BCUT2D eigenvalue weighted by molar-refractivity contribution is -0.182. The molecule has 94 valence electrons. The first-order chi connectivity index (χ1) is 7.29. The number of rotatable bonds is 3. The summed E-state index contributed by atoms with van der Waals surface area (Å²) in [6.45, 7) is 0. The van der Waals surface area contributed by atoms with Crippen LogP contribution in [0.15, 0.2) is 11.9 Å². The molecule has 0 saturated heterocycles. The number of allylic oxidation sites excluding steroid dienone is 1. The average molecular weight is 255 g/mol. The highest BCUT2D eigenvalue weighted by molar-refractivity contribution is 7.59. The van der Waals surface area contributed by atoms with E-state index in [1.807, 2.05) is 0 Å². The van der Waals surface area contributed by atoms with Crippen molar-refractivity contribution in [3.05, 3.63) is 11.9 Å². The zero-order chi connectivity index (χ0) is 12.2. The highest BCUT2D eigenvalue weighted by Crippen LogP contribution is 2.43. The molecule has 1 fully saturated rings. The van der Waals surface area contributed by atoms with E-state index in [-0.39, 0.29) is 5.92 Å². The maximum atomic E-state index is 11.9. The molecule has 0 bridgehead atoms. The Balaban J connectivity index is 2.50. The van der Waals surface area contributed by atoms with Gasteiger partial charge in [-0.25, -0.2) is 0 Å². The third-order valence-electron chi connectivity index (χ3n) is 2.63. The molecule has 1 unspecified atom stereocenters. The van der Waals surface area contributed by atoms with Crippen LogP contribution in [-0.2, 0) is 4.57 Å². The first-order valence-electron chi connectivity index (χ1n) is 5.34. The number of alkyl halides is 3. The largest absolute Gasteiger partial charge is 0.796 e. The smallest absolute Gasteiger partial charge is 0.394 e. The second-order valence-electron chi connectivity index (χ2n) is 4.24. The van der Waals surface area contributed by atoms with E-state index in [4.69, 9.17) is 0 Å². The lowest BCUT2D eigenvalue weighted by Crippen LogP contribution is -2.18. The summed E-state index contributed by atoms with van der Waals surface area (Å²) in [5.74, 6) is 0.889. The highest BCUT2D eigenvalue weighted by atomic mass is 31.2. The second kappa shape index (κ2) is 5.37. The Morgan fingerprint density at radius 2 is 1.81 bits per heavy atom. The SMILES string of the molecule is O=P([O-])(C=CC1CCCCC1)CC(F)(F)F. The van der Waals surface area contributed by atoms with Gasteiger partial charge in [0.1, 0.15) is 0 Å². The summed E-state index contributed by atoms with van der Waals surface area (Å²) in [5.41, 5.74) is 0. The van der Waals surface area contributed by atoms with Crippen molar-refractivity contribution in [2.75, 3.05) is 6.16 Å². The molecule has 0 N–H and O–H groups in total. The van der Waals surface area contributed by atoms with Gasteiger partial charge in [0.2, 0.25) is 0 Å². The third kappa shape index (κ3) is 5.71. The zero-order valence-electron chi connectivity index (χ0n) is 8.87.